The third-order valence-corrected chi connectivity index (χ3v) is 3.32. The zero-order valence-electron chi connectivity index (χ0n) is 11.1. The largest absolute Gasteiger partial charge is 0.464 e. The fourth-order valence-corrected chi connectivity index (χ4v) is 2.34. The van der Waals surface area contributed by atoms with E-state index in [1.165, 1.54) is 7.11 Å². The van der Waals surface area contributed by atoms with Crippen molar-refractivity contribution in [1.82, 2.24) is 14.9 Å². The molecule has 1 amide bonds. The Bertz CT molecular complexity index is 499. The molecule has 1 saturated heterocycles. The highest BCUT2D eigenvalue weighted by Gasteiger charge is 2.27. The van der Waals surface area contributed by atoms with E-state index in [0.717, 1.165) is 5.82 Å². The molecule has 7 nitrogen and oxygen atoms in total. The summed E-state index contributed by atoms with van der Waals surface area (Å²) in [5, 5.41) is 2.80. The number of amides is 1. The molecule has 0 aliphatic carbocycles. The summed E-state index contributed by atoms with van der Waals surface area (Å²) >= 11 is 0. The van der Waals surface area contributed by atoms with E-state index in [0.29, 0.717) is 31.6 Å². The standard InChI is InChI=1S/C12H18N4O3/c1-3-8-15-10(12(18)19-2)11(13)16(8)7-4-5-9(17)14-6-7/h7H,3-6,13H2,1-2H3,(H,14,17). The Morgan fingerprint density at radius 2 is 2.37 bits per heavy atom. The van der Waals surface area contributed by atoms with Gasteiger partial charge >= 0.3 is 5.97 Å². The van der Waals surface area contributed by atoms with Crippen LogP contribution in [-0.2, 0) is 16.0 Å². The number of nitrogen functional groups attached to an aromatic ring is 1. The van der Waals surface area contributed by atoms with Gasteiger partial charge in [-0.1, -0.05) is 6.92 Å². The van der Waals surface area contributed by atoms with Crippen LogP contribution >= 0.6 is 0 Å². The Morgan fingerprint density at radius 3 is 2.89 bits per heavy atom. The highest BCUT2D eigenvalue weighted by atomic mass is 16.5. The average Bonchev–Trinajstić information content (AvgIpc) is 2.76. The highest BCUT2D eigenvalue weighted by molar-refractivity contribution is 5.92. The number of aromatic nitrogens is 2. The smallest absolute Gasteiger partial charge is 0.360 e. The lowest BCUT2D eigenvalue weighted by atomic mass is 10.1. The molecule has 1 aromatic rings. The molecule has 104 valence electrons. The first kappa shape index (κ1) is 13.4. The van der Waals surface area contributed by atoms with Crippen LogP contribution in [0.3, 0.4) is 0 Å². The monoisotopic (exact) mass is 266 g/mol. The van der Waals surface area contributed by atoms with Crippen molar-refractivity contribution >= 4 is 17.7 Å². The molecular formula is C12H18N4O3. The molecule has 0 saturated carbocycles. The van der Waals surface area contributed by atoms with Gasteiger partial charge in [0.2, 0.25) is 5.91 Å². The second kappa shape index (κ2) is 5.29. The topological polar surface area (TPSA) is 99.2 Å². The van der Waals surface area contributed by atoms with Gasteiger partial charge in [-0.25, -0.2) is 9.78 Å². The molecule has 0 bridgehead atoms. The minimum atomic E-state index is -0.536. The number of methoxy groups -OCH3 is 1. The Kier molecular flexibility index (Phi) is 3.73. The number of aryl methyl sites for hydroxylation is 1. The van der Waals surface area contributed by atoms with E-state index >= 15 is 0 Å². The first-order valence-electron chi connectivity index (χ1n) is 6.30. The van der Waals surface area contributed by atoms with Gasteiger partial charge in [-0.3, -0.25) is 4.79 Å². The number of rotatable bonds is 3. The number of carbonyl (C=O) groups excluding carboxylic acids is 2. The Morgan fingerprint density at radius 1 is 1.63 bits per heavy atom. The van der Waals surface area contributed by atoms with Crippen molar-refractivity contribution in [1.29, 1.82) is 0 Å². The molecule has 0 aromatic carbocycles. The second-order valence-electron chi connectivity index (χ2n) is 4.47. The number of nitrogens with zero attached hydrogens (tertiary/aromatic N) is 2. The molecule has 1 aromatic heterocycles. The molecular weight excluding hydrogens is 248 g/mol. The van der Waals surface area contributed by atoms with E-state index in [1.54, 1.807) is 0 Å². The van der Waals surface area contributed by atoms with E-state index in [2.05, 4.69) is 15.0 Å². The number of carbonyl (C=O) groups is 2. The van der Waals surface area contributed by atoms with Crippen LogP contribution < -0.4 is 11.1 Å². The van der Waals surface area contributed by atoms with E-state index in [9.17, 15) is 9.59 Å². The molecule has 2 heterocycles. The summed E-state index contributed by atoms with van der Waals surface area (Å²) in [7, 11) is 1.30. The van der Waals surface area contributed by atoms with E-state index in [1.807, 2.05) is 11.5 Å². The number of esters is 1. The zero-order valence-corrected chi connectivity index (χ0v) is 11.1. The predicted molar refractivity (Wildman–Crippen MR) is 68.6 cm³/mol. The van der Waals surface area contributed by atoms with Crippen LogP contribution in [0.2, 0.25) is 0 Å². The molecule has 0 spiro atoms. The number of hydrogen-bond acceptors (Lipinski definition) is 5. The molecule has 7 heteroatoms. The van der Waals surface area contributed by atoms with Crippen molar-refractivity contribution in [3.8, 4) is 0 Å². The van der Waals surface area contributed by atoms with E-state index in [-0.39, 0.29) is 17.6 Å². The number of piperidine rings is 1. The average molecular weight is 266 g/mol. The fraction of sp³-hybridized carbons (Fsp3) is 0.583. The molecule has 1 aliphatic rings. The first-order valence-corrected chi connectivity index (χ1v) is 6.30. The summed E-state index contributed by atoms with van der Waals surface area (Å²) in [6, 6.07) is 0.0403. The predicted octanol–water partition coefficient (Wildman–Crippen LogP) is 0.265. The van der Waals surface area contributed by atoms with Gasteiger partial charge in [0.25, 0.3) is 0 Å². The number of hydrogen-bond donors (Lipinski definition) is 2. The molecule has 3 N–H and O–H groups in total. The van der Waals surface area contributed by atoms with Crippen molar-refractivity contribution in [2.24, 2.45) is 0 Å². The quantitative estimate of drug-likeness (QED) is 0.765. The van der Waals surface area contributed by atoms with Gasteiger partial charge in [-0.05, 0) is 6.42 Å². The lowest BCUT2D eigenvalue weighted by molar-refractivity contribution is -0.122. The second-order valence-corrected chi connectivity index (χ2v) is 4.47. The molecule has 1 atom stereocenters. The normalized spacial score (nSPS) is 19.1. The minimum Gasteiger partial charge on any atom is -0.464 e. The summed E-state index contributed by atoms with van der Waals surface area (Å²) < 4.78 is 6.51. The number of anilines is 1. The number of ether oxygens (including phenoxy) is 1. The van der Waals surface area contributed by atoms with Gasteiger partial charge in [0, 0.05) is 19.4 Å². The van der Waals surface area contributed by atoms with Crippen LogP contribution in [0.4, 0.5) is 5.82 Å². The Hall–Kier alpha value is -2.05. The van der Waals surface area contributed by atoms with Crippen LogP contribution in [0.5, 0.6) is 0 Å². The summed E-state index contributed by atoms with van der Waals surface area (Å²) in [5.74, 6) is 0.552. The minimum absolute atomic E-state index is 0.0403. The zero-order chi connectivity index (χ0) is 14.0. The Labute approximate surface area is 111 Å². The van der Waals surface area contributed by atoms with Crippen LogP contribution in [0.15, 0.2) is 0 Å². The van der Waals surface area contributed by atoms with E-state index < -0.39 is 5.97 Å². The van der Waals surface area contributed by atoms with Gasteiger partial charge in [0.05, 0.1) is 13.2 Å². The van der Waals surface area contributed by atoms with Crippen LogP contribution in [0, 0.1) is 0 Å². The number of imidazole rings is 1. The SMILES string of the molecule is CCc1nc(C(=O)OC)c(N)n1C1CCC(=O)NC1. The molecule has 1 fully saturated rings. The van der Waals surface area contributed by atoms with Gasteiger partial charge in [0.1, 0.15) is 11.6 Å². The first-order chi connectivity index (χ1) is 9.08. The molecule has 19 heavy (non-hydrogen) atoms. The van der Waals surface area contributed by atoms with Crippen LogP contribution in [0.1, 0.15) is 42.1 Å². The third-order valence-electron chi connectivity index (χ3n) is 3.32. The maximum Gasteiger partial charge on any atom is 0.360 e. The summed E-state index contributed by atoms with van der Waals surface area (Å²) in [4.78, 5) is 27.0. The van der Waals surface area contributed by atoms with Gasteiger partial charge in [0.15, 0.2) is 5.69 Å². The van der Waals surface area contributed by atoms with Crippen molar-refractivity contribution in [2.45, 2.75) is 32.2 Å². The van der Waals surface area contributed by atoms with Gasteiger partial charge < -0.3 is 20.4 Å². The molecule has 2 rings (SSSR count). The molecule has 0 radical (unpaired) electrons. The van der Waals surface area contributed by atoms with Crippen molar-refractivity contribution in [3.63, 3.8) is 0 Å². The maximum absolute atomic E-state index is 11.6. The lowest BCUT2D eigenvalue weighted by Gasteiger charge is -2.26. The van der Waals surface area contributed by atoms with Crippen molar-refractivity contribution < 1.29 is 14.3 Å². The highest BCUT2D eigenvalue weighted by Crippen LogP contribution is 2.26. The van der Waals surface area contributed by atoms with Crippen LogP contribution in [-0.4, -0.2) is 35.1 Å². The van der Waals surface area contributed by atoms with Crippen molar-refractivity contribution in [2.75, 3.05) is 19.4 Å². The van der Waals surface area contributed by atoms with Gasteiger partial charge in [-0.2, -0.15) is 0 Å². The molecule has 1 unspecified atom stereocenters. The summed E-state index contributed by atoms with van der Waals surface area (Å²) in [6.07, 6.45) is 1.81. The Balaban J connectivity index is 2.36. The summed E-state index contributed by atoms with van der Waals surface area (Å²) in [5.41, 5.74) is 6.16. The van der Waals surface area contributed by atoms with Crippen LogP contribution in [0.25, 0.3) is 0 Å². The van der Waals surface area contributed by atoms with Crippen molar-refractivity contribution in [3.05, 3.63) is 11.5 Å². The van der Waals surface area contributed by atoms with Gasteiger partial charge in [-0.15, -0.1) is 0 Å². The molecule has 1 aliphatic heterocycles. The number of nitrogens with two attached hydrogens (primary N) is 1. The lowest BCUT2D eigenvalue weighted by Crippen LogP contribution is -2.37. The fourth-order valence-electron chi connectivity index (χ4n) is 2.34. The summed E-state index contributed by atoms with van der Waals surface area (Å²) in [6.45, 7) is 2.45. The third kappa shape index (κ3) is 2.40. The maximum atomic E-state index is 11.6. The number of nitrogens with one attached hydrogen (secondary N) is 1. The van der Waals surface area contributed by atoms with E-state index in [4.69, 9.17) is 5.73 Å².